The number of nitrogens with one attached hydrogen (secondary N) is 1. The number of aryl methyl sites for hydroxylation is 2. The minimum Gasteiger partial charge on any atom is -0.493 e. The van der Waals surface area contributed by atoms with Crippen molar-refractivity contribution in [2.24, 2.45) is 10.2 Å². The molecule has 0 radical (unpaired) electrons. The predicted octanol–water partition coefficient (Wildman–Crippen LogP) is 5.52. The smallest absolute Gasteiger partial charge is 0.231 e. The van der Waals surface area contributed by atoms with Crippen LogP contribution in [-0.4, -0.2) is 15.1 Å². The second-order valence-electron chi connectivity index (χ2n) is 5.42. The van der Waals surface area contributed by atoms with Gasteiger partial charge in [0.1, 0.15) is 0 Å². The molecule has 2 N–H and O–H groups in total. The van der Waals surface area contributed by atoms with Crippen LogP contribution in [0.4, 0.5) is 10.8 Å². The highest BCUT2D eigenvalue weighted by Crippen LogP contribution is 2.39. The number of H-pyrrole nitrogens is 1. The first-order valence-corrected chi connectivity index (χ1v) is 8.03. The van der Waals surface area contributed by atoms with E-state index in [1.807, 2.05) is 50.2 Å². The van der Waals surface area contributed by atoms with Gasteiger partial charge in [0.15, 0.2) is 5.69 Å². The van der Waals surface area contributed by atoms with Crippen molar-refractivity contribution in [1.82, 2.24) is 9.97 Å². The van der Waals surface area contributed by atoms with E-state index in [1.165, 1.54) is 11.3 Å². The maximum absolute atomic E-state index is 10.1. The third-order valence-corrected chi connectivity index (χ3v) is 4.90. The van der Waals surface area contributed by atoms with E-state index in [9.17, 15) is 5.11 Å². The number of aromatic nitrogens is 2. The predicted molar refractivity (Wildman–Crippen MR) is 93.2 cm³/mol. The molecule has 0 atom stereocenters. The lowest BCUT2D eigenvalue weighted by Gasteiger charge is -2.00. The fourth-order valence-electron chi connectivity index (χ4n) is 2.58. The minimum atomic E-state index is 0.0264. The average Bonchev–Trinajstić information content (AvgIpc) is 3.09. The maximum Gasteiger partial charge on any atom is 0.231 e. The van der Waals surface area contributed by atoms with Crippen LogP contribution >= 0.6 is 11.3 Å². The maximum atomic E-state index is 10.1. The second-order valence-corrected chi connectivity index (χ2v) is 6.43. The molecule has 0 amide bonds. The van der Waals surface area contributed by atoms with Gasteiger partial charge in [-0.15, -0.1) is 10.2 Å². The average molecular weight is 322 g/mol. The van der Waals surface area contributed by atoms with Gasteiger partial charge in [-0.3, -0.25) is 0 Å². The molecule has 6 heteroatoms. The van der Waals surface area contributed by atoms with E-state index in [-0.39, 0.29) is 5.88 Å². The van der Waals surface area contributed by atoms with Gasteiger partial charge >= 0.3 is 0 Å². The number of nitrogens with zero attached hydrogens (tertiary/aromatic N) is 3. The molecule has 0 spiro atoms. The number of thiazole rings is 1. The highest BCUT2D eigenvalue weighted by molar-refractivity contribution is 7.21. The molecule has 114 valence electrons. The van der Waals surface area contributed by atoms with Crippen LogP contribution in [-0.2, 0) is 0 Å². The molecule has 0 fully saturated rings. The molecule has 4 aromatic rings. The Hall–Kier alpha value is -2.73. The van der Waals surface area contributed by atoms with Crippen LogP contribution in [0.15, 0.2) is 46.6 Å². The number of para-hydroxylation sites is 1. The van der Waals surface area contributed by atoms with E-state index >= 15 is 0 Å². The highest BCUT2D eigenvalue weighted by Gasteiger charge is 2.13. The summed E-state index contributed by atoms with van der Waals surface area (Å²) in [5.74, 6) is 0.0264. The van der Waals surface area contributed by atoms with Gasteiger partial charge in [-0.25, -0.2) is 4.98 Å². The number of aromatic hydroxyl groups is 1. The Morgan fingerprint density at radius 1 is 1.09 bits per heavy atom. The minimum absolute atomic E-state index is 0.0264. The normalized spacial score (nSPS) is 11.9. The van der Waals surface area contributed by atoms with Crippen LogP contribution < -0.4 is 0 Å². The molecular formula is C17H14N4OS. The van der Waals surface area contributed by atoms with Crippen LogP contribution in [0.1, 0.15) is 11.1 Å². The Morgan fingerprint density at radius 3 is 2.74 bits per heavy atom. The van der Waals surface area contributed by atoms with E-state index < -0.39 is 0 Å². The molecule has 0 aliphatic heterocycles. The third-order valence-electron chi connectivity index (χ3n) is 3.98. The number of hydrogen-bond acceptors (Lipinski definition) is 5. The number of fused-ring (bicyclic) bond motifs is 2. The number of aromatic amines is 1. The molecular weight excluding hydrogens is 308 g/mol. The van der Waals surface area contributed by atoms with Crippen molar-refractivity contribution in [1.29, 1.82) is 0 Å². The molecule has 0 unspecified atom stereocenters. The Morgan fingerprint density at radius 2 is 1.91 bits per heavy atom. The first-order valence-electron chi connectivity index (χ1n) is 7.21. The SMILES string of the molecule is Cc1ccc2c(N=Nc3nc4ccccc4s3)c(O)[nH]c2c1C. The van der Waals surface area contributed by atoms with Gasteiger partial charge in [0.05, 0.1) is 15.7 Å². The van der Waals surface area contributed by atoms with Crippen molar-refractivity contribution in [2.75, 3.05) is 0 Å². The number of hydrogen-bond donors (Lipinski definition) is 2. The van der Waals surface area contributed by atoms with E-state index in [0.717, 1.165) is 32.2 Å². The highest BCUT2D eigenvalue weighted by atomic mass is 32.1. The van der Waals surface area contributed by atoms with Crippen molar-refractivity contribution in [3.8, 4) is 5.88 Å². The molecule has 2 heterocycles. The second kappa shape index (κ2) is 5.17. The Labute approximate surface area is 136 Å². The van der Waals surface area contributed by atoms with Crippen molar-refractivity contribution >= 4 is 43.3 Å². The zero-order valence-corrected chi connectivity index (χ0v) is 13.5. The molecule has 0 saturated carbocycles. The molecule has 2 aromatic heterocycles. The van der Waals surface area contributed by atoms with Gasteiger partial charge in [0.2, 0.25) is 11.0 Å². The summed E-state index contributed by atoms with van der Waals surface area (Å²) >= 11 is 1.47. The molecule has 23 heavy (non-hydrogen) atoms. The fourth-order valence-corrected chi connectivity index (χ4v) is 3.36. The largest absolute Gasteiger partial charge is 0.493 e. The molecule has 5 nitrogen and oxygen atoms in total. The lowest BCUT2D eigenvalue weighted by molar-refractivity contribution is 0.459. The summed E-state index contributed by atoms with van der Waals surface area (Å²) in [7, 11) is 0. The number of benzene rings is 2. The molecule has 2 aromatic carbocycles. The summed E-state index contributed by atoms with van der Waals surface area (Å²) in [5, 5.41) is 20.0. The molecule has 0 saturated heterocycles. The lowest BCUT2D eigenvalue weighted by Crippen LogP contribution is -1.81. The van der Waals surface area contributed by atoms with Gasteiger partial charge in [-0.05, 0) is 37.1 Å². The van der Waals surface area contributed by atoms with Crippen LogP contribution in [0.3, 0.4) is 0 Å². The number of azo groups is 1. The number of rotatable bonds is 2. The van der Waals surface area contributed by atoms with Crippen LogP contribution in [0.5, 0.6) is 5.88 Å². The summed E-state index contributed by atoms with van der Waals surface area (Å²) in [6.07, 6.45) is 0. The molecule has 0 bridgehead atoms. The first kappa shape index (κ1) is 13.9. The zero-order chi connectivity index (χ0) is 16.0. The van der Waals surface area contributed by atoms with Gasteiger partial charge in [0.25, 0.3) is 0 Å². The summed E-state index contributed by atoms with van der Waals surface area (Å²) in [6.45, 7) is 4.05. The summed E-state index contributed by atoms with van der Waals surface area (Å²) in [4.78, 5) is 7.40. The topological polar surface area (TPSA) is 73.6 Å². The van der Waals surface area contributed by atoms with Crippen molar-refractivity contribution in [2.45, 2.75) is 13.8 Å². The Bertz CT molecular complexity index is 1030. The first-order chi connectivity index (χ1) is 11.1. The summed E-state index contributed by atoms with van der Waals surface area (Å²) in [5.41, 5.74) is 4.50. The lowest BCUT2D eigenvalue weighted by atomic mass is 10.1. The quantitative estimate of drug-likeness (QED) is 0.477. The zero-order valence-electron chi connectivity index (χ0n) is 12.7. The van der Waals surface area contributed by atoms with E-state index in [1.54, 1.807) is 0 Å². The van der Waals surface area contributed by atoms with E-state index in [2.05, 4.69) is 20.2 Å². The van der Waals surface area contributed by atoms with E-state index in [4.69, 9.17) is 0 Å². The third kappa shape index (κ3) is 2.27. The molecule has 0 aliphatic carbocycles. The van der Waals surface area contributed by atoms with Crippen LogP contribution in [0, 0.1) is 13.8 Å². The Balaban J connectivity index is 1.80. The van der Waals surface area contributed by atoms with Gasteiger partial charge in [0, 0.05) is 5.39 Å². The Kier molecular flexibility index (Phi) is 3.12. The fraction of sp³-hybridized carbons (Fsp3) is 0.118. The standard InChI is InChI=1S/C17H14N4OS/c1-9-7-8-11-14(10(9)2)19-16(22)15(11)20-21-17-18-12-5-3-4-6-13(12)23-17/h3-8,19,22H,1-2H3. The van der Waals surface area contributed by atoms with Gasteiger partial charge in [-0.1, -0.05) is 35.6 Å². The molecule has 0 aliphatic rings. The van der Waals surface area contributed by atoms with Crippen LogP contribution in [0.2, 0.25) is 0 Å². The van der Waals surface area contributed by atoms with Crippen molar-refractivity contribution < 1.29 is 5.11 Å². The summed E-state index contributed by atoms with van der Waals surface area (Å²) < 4.78 is 1.07. The molecule has 4 rings (SSSR count). The van der Waals surface area contributed by atoms with E-state index in [0.29, 0.717) is 10.8 Å². The summed E-state index contributed by atoms with van der Waals surface area (Å²) in [6, 6.07) is 11.8. The van der Waals surface area contributed by atoms with Gasteiger partial charge in [-0.2, -0.15) is 0 Å². The van der Waals surface area contributed by atoms with Crippen LogP contribution in [0.25, 0.3) is 21.1 Å². The monoisotopic (exact) mass is 322 g/mol. The van der Waals surface area contributed by atoms with Crippen molar-refractivity contribution in [3.63, 3.8) is 0 Å². The van der Waals surface area contributed by atoms with Crippen molar-refractivity contribution in [3.05, 3.63) is 47.5 Å². The van der Waals surface area contributed by atoms with Gasteiger partial charge < -0.3 is 10.1 Å².